The van der Waals surface area contributed by atoms with Crippen molar-refractivity contribution in [2.45, 2.75) is 44.8 Å². The summed E-state index contributed by atoms with van der Waals surface area (Å²) in [6.45, 7) is 4.42. The number of fused-ring (bicyclic) bond motifs is 1. The lowest BCUT2D eigenvalue weighted by molar-refractivity contribution is -0.131. The van der Waals surface area contributed by atoms with Crippen LogP contribution in [0.2, 0.25) is 0 Å². The fourth-order valence-electron chi connectivity index (χ4n) is 4.02. The molecule has 30 heavy (non-hydrogen) atoms. The van der Waals surface area contributed by atoms with Gasteiger partial charge in [-0.15, -0.1) is 0 Å². The first-order valence-electron chi connectivity index (χ1n) is 10.8. The highest BCUT2D eigenvalue weighted by Gasteiger charge is 2.23. The normalized spacial score (nSPS) is 17.5. The lowest BCUT2D eigenvalue weighted by atomic mass is 10.1. The molecule has 8 nitrogen and oxygen atoms in total. The van der Waals surface area contributed by atoms with E-state index in [2.05, 4.69) is 38.0 Å². The van der Waals surface area contributed by atoms with Crippen LogP contribution in [0.4, 0.5) is 0 Å². The number of carbonyl (C=O) groups is 2. The summed E-state index contributed by atoms with van der Waals surface area (Å²) in [5.74, 6) is 1.05. The van der Waals surface area contributed by atoms with Gasteiger partial charge in [0, 0.05) is 59.3 Å². The number of aliphatic imine (C=N–C) groups is 1. The molecule has 0 radical (unpaired) electrons. The molecule has 3 rings (SSSR count). The highest BCUT2D eigenvalue weighted by molar-refractivity contribution is 5.80. The smallest absolute Gasteiger partial charge is 0.233 e. The number of amides is 2. The number of rotatable bonds is 7. The molecule has 3 N–H and O–H groups in total. The van der Waals surface area contributed by atoms with Gasteiger partial charge in [-0.25, -0.2) is 0 Å². The maximum absolute atomic E-state index is 12.5. The predicted octanol–water partition coefficient (Wildman–Crippen LogP) is 0.684. The van der Waals surface area contributed by atoms with E-state index in [0.29, 0.717) is 25.6 Å². The zero-order valence-electron chi connectivity index (χ0n) is 18.1. The molecule has 1 aromatic carbocycles. The Labute approximate surface area is 179 Å². The third kappa shape index (κ3) is 6.19. The van der Waals surface area contributed by atoms with Crippen LogP contribution in [0.25, 0.3) is 0 Å². The summed E-state index contributed by atoms with van der Waals surface area (Å²) in [4.78, 5) is 32.4. The number of nitrogens with one attached hydrogen (secondary N) is 3. The van der Waals surface area contributed by atoms with Crippen molar-refractivity contribution >= 4 is 17.8 Å². The van der Waals surface area contributed by atoms with Crippen molar-refractivity contribution in [1.29, 1.82) is 0 Å². The number of likely N-dealkylation sites (N-methyl/N-ethyl adjacent to an activating group) is 1. The number of guanidine groups is 1. The molecule has 2 aliphatic heterocycles. The third-order valence-corrected chi connectivity index (χ3v) is 5.85. The topological polar surface area (TPSA) is 89.1 Å². The molecule has 0 unspecified atom stereocenters. The Morgan fingerprint density at radius 2 is 1.80 bits per heavy atom. The predicted molar refractivity (Wildman–Crippen MR) is 118 cm³/mol. The van der Waals surface area contributed by atoms with Gasteiger partial charge in [0.05, 0.1) is 6.54 Å². The average Bonchev–Trinajstić information content (AvgIpc) is 3.21. The zero-order valence-corrected chi connectivity index (χ0v) is 18.1. The summed E-state index contributed by atoms with van der Waals surface area (Å²) in [5, 5.41) is 9.46. The minimum Gasteiger partial charge on any atom is -0.358 e. The molecule has 2 heterocycles. The molecule has 0 saturated carbocycles. The Morgan fingerprint density at radius 3 is 2.40 bits per heavy atom. The number of carbonyl (C=O) groups excluding carboxylic acids is 2. The Hall–Kier alpha value is -2.61. The number of likely N-dealkylation sites (tertiary alicyclic amines) is 1. The van der Waals surface area contributed by atoms with Gasteiger partial charge in [-0.05, 0) is 30.4 Å². The summed E-state index contributed by atoms with van der Waals surface area (Å²) < 4.78 is 0. The van der Waals surface area contributed by atoms with Gasteiger partial charge in [-0.2, -0.15) is 0 Å². The van der Waals surface area contributed by atoms with Crippen LogP contribution in [0, 0.1) is 0 Å². The second-order valence-electron chi connectivity index (χ2n) is 7.99. The van der Waals surface area contributed by atoms with Crippen molar-refractivity contribution in [3.63, 3.8) is 0 Å². The highest BCUT2D eigenvalue weighted by atomic mass is 16.2. The molecule has 2 amide bonds. The molecular formula is C22H34N6O2. The van der Waals surface area contributed by atoms with Gasteiger partial charge in [-0.3, -0.25) is 19.5 Å². The zero-order chi connectivity index (χ0) is 21.3. The maximum Gasteiger partial charge on any atom is 0.233 e. The van der Waals surface area contributed by atoms with E-state index in [-0.39, 0.29) is 11.8 Å². The fraction of sp³-hybridized carbons (Fsp3) is 0.591. The van der Waals surface area contributed by atoms with Gasteiger partial charge in [0.25, 0.3) is 0 Å². The van der Waals surface area contributed by atoms with E-state index in [0.717, 1.165) is 51.4 Å². The van der Waals surface area contributed by atoms with Gasteiger partial charge in [0.2, 0.25) is 11.8 Å². The molecular weight excluding hydrogens is 380 g/mol. The minimum absolute atomic E-state index is 0.0613. The lowest BCUT2D eigenvalue weighted by Gasteiger charge is -2.32. The van der Waals surface area contributed by atoms with Crippen molar-refractivity contribution < 1.29 is 9.59 Å². The average molecular weight is 415 g/mol. The molecule has 0 aliphatic carbocycles. The van der Waals surface area contributed by atoms with Gasteiger partial charge in [-0.1, -0.05) is 24.3 Å². The van der Waals surface area contributed by atoms with E-state index in [1.165, 1.54) is 11.1 Å². The SMILES string of the molecule is CN=C(NCCCC(=O)N1Cc2ccccc2C1)NC1CCN(CC(=O)NC)CC1. The molecule has 1 fully saturated rings. The molecule has 0 spiro atoms. The van der Waals surface area contributed by atoms with Crippen molar-refractivity contribution in [1.82, 2.24) is 25.8 Å². The van der Waals surface area contributed by atoms with Crippen LogP contribution < -0.4 is 16.0 Å². The Balaban J connectivity index is 1.31. The van der Waals surface area contributed by atoms with E-state index in [1.54, 1.807) is 14.1 Å². The molecule has 8 heteroatoms. The molecule has 1 aromatic rings. The summed E-state index contributed by atoms with van der Waals surface area (Å²) in [7, 11) is 3.44. The van der Waals surface area contributed by atoms with Gasteiger partial charge in [0.15, 0.2) is 5.96 Å². The Morgan fingerprint density at radius 1 is 1.13 bits per heavy atom. The Bertz CT molecular complexity index is 733. The van der Waals surface area contributed by atoms with Crippen LogP contribution in [0.1, 0.15) is 36.8 Å². The van der Waals surface area contributed by atoms with Crippen LogP contribution in [0.3, 0.4) is 0 Å². The van der Waals surface area contributed by atoms with Crippen LogP contribution >= 0.6 is 0 Å². The highest BCUT2D eigenvalue weighted by Crippen LogP contribution is 2.22. The molecule has 0 bridgehead atoms. The van der Waals surface area contributed by atoms with Crippen molar-refractivity contribution in [3.8, 4) is 0 Å². The summed E-state index contributed by atoms with van der Waals surface area (Å²) >= 11 is 0. The second kappa shape index (κ2) is 11.0. The number of nitrogens with zero attached hydrogens (tertiary/aromatic N) is 3. The summed E-state index contributed by atoms with van der Waals surface area (Å²) in [5.41, 5.74) is 2.52. The van der Waals surface area contributed by atoms with Crippen LogP contribution in [0.15, 0.2) is 29.3 Å². The second-order valence-corrected chi connectivity index (χ2v) is 7.99. The molecule has 164 valence electrons. The summed E-state index contributed by atoms with van der Waals surface area (Å²) in [6.07, 6.45) is 3.27. The summed E-state index contributed by atoms with van der Waals surface area (Å²) in [6, 6.07) is 8.61. The van der Waals surface area contributed by atoms with Gasteiger partial charge >= 0.3 is 0 Å². The van der Waals surface area contributed by atoms with Crippen molar-refractivity contribution in [2.75, 3.05) is 40.3 Å². The molecule has 1 saturated heterocycles. The van der Waals surface area contributed by atoms with E-state index in [9.17, 15) is 9.59 Å². The quantitative estimate of drug-likeness (QED) is 0.347. The largest absolute Gasteiger partial charge is 0.358 e. The van der Waals surface area contributed by atoms with Gasteiger partial charge in [0.1, 0.15) is 0 Å². The fourth-order valence-corrected chi connectivity index (χ4v) is 4.02. The van der Waals surface area contributed by atoms with Crippen LogP contribution in [0.5, 0.6) is 0 Å². The third-order valence-electron chi connectivity index (χ3n) is 5.85. The van der Waals surface area contributed by atoms with E-state index in [4.69, 9.17) is 0 Å². The maximum atomic E-state index is 12.5. The Kier molecular flexibility index (Phi) is 8.07. The van der Waals surface area contributed by atoms with E-state index in [1.807, 2.05) is 17.0 Å². The molecule has 2 aliphatic rings. The molecule has 0 atom stereocenters. The number of hydrogen-bond donors (Lipinski definition) is 3. The lowest BCUT2D eigenvalue weighted by Crippen LogP contribution is -2.50. The van der Waals surface area contributed by atoms with Crippen LogP contribution in [-0.2, 0) is 22.7 Å². The standard InChI is InChI=1S/C22H34N6O2/c1-23-20(29)16-27-12-9-19(10-13-27)26-22(24-2)25-11-5-8-21(30)28-14-17-6-3-4-7-18(17)15-28/h3-4,6-7,19H,5,8-16H2,1-2H3,(H,23,29)(H2,24,25,26). The van der Waals surface area contributed by atoms with E-state index < -0.39 is 0 Å². The first kappa shape index (κ1) is 22.1. The van der Waals surface area contributed by atoms with Crippen LogP contribution in [-0.4, -0.2) is 73.9 Å². The first-order chi connectivity index (χ1) is 14.6. The van der Waals surface area contributed by atoms with Gasteiger partial charge < -0.3 is 20.9 Å². The van der Waals surface area contributed by atoms with Crippen molar-refractivity contribution in [2.24, 2.45) is 4.99 Å². The minimum atomic E-state index is 0.0613. The number of piperidine rings is 1. The first-order valence-corrected chi connectivity index (χ1v) is 10.8. The van der Waals surface area contributed by atoms with Crippen molar-refractivity contribution in [3.05, 3.63) is 35.4 Å². The monoisotopic (exact) mass is 414 g/mol. The van der Waals surface area contributed by atoms with E-state index >= 15 is 0 Å². The number of benzene rings is 1. The number of hydrogen-bond acceptors (Lipinski definition) is 4. The molecule has 0 aromatic heterocycles.